The zero-order chi connectivity index (χ0) is 17.1. The first-order valence-electron chi connectivity index (χ1n) is 8.50. The summed E-state index contributed by atoms with van der Waals surface area (Å²) in [7, 11) is 0. The van der Waals surface area contributed by atoms with Crippen molar-refractivity contribution in [3.05, 3.63) is 60.4 Å². The van der Waals surface area contributed by atoms with Gasteiger partial charge < -0.3 is 4.90 Å². The van der Waals surface area contributed by atoms with Crippen molar-refractivity contribution in [2.45, 2.75) is 13.5 Å². The molecule has 0 aromatic carbocycles. The highest BCUT2D eigenvalue weighted by Crippen LogP contribution is 2.18. The zero-order valence-corrected chi connectivity index (χ0v) is 14.3. The minimum absolute atomic E-state index is 0.766. The minimum atomic E-state index is 0.766. The van der Waals surface area contributed by atoms with Crippen molar-refractivity contribution in [2.75, 3.05) is 31.1 Å². The number of nitrogens with zero attached hydrogens (tertiary/aromatic N) is 7. The SMILES string of the molecule is Cc1nc(N2CCN(Cc3ccncc3)CC2)cc(-n2cccn2)n1. The number of rotatable bonds is 4. The maximum absolute atomic E-state index is 4.62. The molecule has 0 atom stereocenters. The van der Waals surface area contributed by atoms with Crippen LogP contribution in [0.25, 0.3) is 5.82 Å². The first-order chi connectivity index (χ1) is 12.3. The van der Waals surface area contributed by atoms with E-state index in [0.29, 0.717) is 0 Å². The predicted molar refractivity (Wildman–Crippen MR) is 95.6 cm³/mol. The van der Waals surface area contributed by atoms with Gasteiger partial charge in [0.2, 0.25) is 0 Å². The van der Waals surface area contributed by atoms with E-state index in [1.807, 2.05) is 37.6 Å². The molecule has 7 heteroatoms. The van der Waals surface area contributed by atoms with E-state index < -0.39 is 0 Å². The van der Waals surface area contributed by atoms with Gasteiger partial charge in [0, 0.05) is 63.6 Å². The van der Waals surface area contributed by atoms with Gasteiger partial charge in [-0.1, -0.05) is 0 Å². The van der Waals surface area contributed by atoms with E-state index in [1.54, 1.807) is 10.9 Å². The van der Waals surface area contributed by atoms with Crippen LogP contribution in [0.2, 0.25) is 0 Å². The summed E-state index contributed by atoms with van der Waals surface area (Å²) in [6, 6.07) is 8.07. The number of hydrogen-bond donors (Lipinski definition) is 0. The van der Waals surface area contributed by atoms with Crippen molar-refractivity contribution >= 4 is 5.82 Å². The van der Waals surface area contributed by atoms with E-state index in [2.05, 4.69) is 42.0 Å². The van der Waals surface area contributed by atoms with Crippen LogP contribution in [-0.4, -0.2) is 55.8 Å². The molecule has 25 heavy (non-hydrogen) atoms. The maximum atomic E-state index is 4.62. The van der Waals surface area contributed by atoms with Gasteiger partial charge in [0.1, 0.15) is 11.6 Å². The van der Waals surface area contributed by atoms with Crippen LogP contribution in [-0.2, 0) is 6.54 Å². The summed E-state index contributed by atoms with van der Waals surface area (Å²) in [5.74, 6) is 2.55. The fraction of sp³-hybridized carbons (Fsp3) is 0.333. The normalized spacial score (nSPS) is 15.5. The van der Waals surface area contributed by atoms with E-state index in [-0.39, 0.29) is 0 Å². The van der Waals surface area contributed by atoms with Gasteiger partial charge in [-0.05, 0) is 30.7 Å². The van der Waals surface area contributed by atoms with E-state index in [4.69, 9.17) is 0 Å². The molecule has 1 saturated heterocycles. The molecule has 0 aliphatic carbocycles. The van der Waals surface area contributed by atoms with Crippen LogP contribution in [0.4, 0.5) is 5.82 Å². The first-order valence-corrected chi connectivity index (χ1v) is 8.50. The Balaban J connectivity index is 1.44. The molecule has 4 heterocycles. The molecule has 7 nitrogen and oxygen atoms in total. The molecule has 1 aliphatic heterocycles. The summed E-state index contributed by atoms with van der Waals surface area (Å²) >= 11 is 0. The number of piperazine rings is 1. The van der Waals surface area contributed by atoms with Crippen LogP contribution < -0.4 is 4.90 Å². The van der Waals surface area contributed by atoms with Crippen LogP contribution >= 0.6 is 0 Å². The van der Waals surface area contributed by atoms with Gasteiger partial charge >= 0.3 is 0 Å². The number of hydrogen-bond acceptors (Lipinski definition) is 6. The summed E-state index contributed by atoms with van der Waals surface area (Å²) in [6.07, 6.45) is 7.37. The Morgan fingerprint density at radius 1 is 0.960 bits per heavy atom. The molecule has 0 spiro atoms. The van der Waals surface area contributed by atoms with Crippen molar-refractivity contribution in [3.8, 4) is 5.82 Å². The second kappa shape index (κ2) is 6.98. The standard InChI is InChI=1S/C18H21N7/c1-15-21-17(13-18(22-15)25-8-2-5-20-25)24-11-9-23(10-12-24)14-16-3-6-19-7-4-16/h2-8,13H,9-12,14H2,1H3. The Labute approximate surface area is 147 Å². The van der Waals surface area contributed by atoms with Crippen LogP contribution in [0.5, 0.6) is 0 Å². The summed E-state index contributed by atoms with van der Waals surface area (Å²) in [5.41, 5.74) is 1.31. The van der Waals surface area contributed by atoms with Crippen LogP contribution in [0.15, 0.2) is 49.1 Å². The predicted octanol–water partition coefficient (Wildman–Crippen LogP) is 1.69. The van der Waals surface area contributed by atoms with Crippen molar-refractivity contribution in [1.82, 2.24) is 29.6 Å². The molecule has 0 unspecified atom stereocenters. The fourth-order valence-corrected chi connectivity index (χ4v) is 3.10. The van der Waals surface area contributed by atoms with Crippen molar-refractivity contribution < 1.29 is 0 Å². The number of pyridine rings is 1. The van der Waals surface area contributed by atoms with Crippen molar-refractivity contribution in [1.29, 1.82) is 0 Å². The Bertz CT molecular complexity index is 809. The molecule has 1 fully saturated rings. The molecule has 0 bridgehead atoms. The largest absolute Gasteiger partial charge is 0.354 e. The Kier molecular flexibility index (Phi) is 4.39. The van der Waals surface area contributed by atoms with Gasteiger partial charge in [-0.15, -0.1) is 0 Å². The van der Waals surface area contributed by atoms with Crippen molar-refractivity contribution in [3.63, 3.8) is 0 Å². The second-order valence-electron chi connectivity index (χ2n) is 6.20. The summed E-state index contributed by atoms with van der Waals surface area (Å²) in [6.45, 7) is 6.85. The third-order valence-corrected chi connectivity index (χ3v) is 4.40. The van der Waals surface area contributed by atoms with Crippen molar-refractivity contribution in [2.24, 2.45) is 0 Å². The Morgan fingerprint density at radius 2 is 1.72 bits per heavy atom. The number of anilines is 1. The molecule has 0 radical (unpaired) electrons. The molecule has 0 amide bonds. The molecule has 4 rings (SSSR count). The molecule has 1 aliphatic rings. The molecule has 128 valence electrons. The van der Waals surface area contributed by atoms with Crippen LogP contribution in [0.3, 0.4) is 0 Å². The molecule has 0 saturated carbocycles. The Hall–Kier alpha value is -2.80. The number of aromatic nitrogens is 5. The fourth-order valence-electron chi connectivity index (χ4n) is 3.10. The summed E-state index contributed by atoms with van der Waals surface area (Å²) in [4.78, 5) is 18.0. The minimum Gasteiger partial charge on any atom is -0.354 e. The van der Waals surface area contributed by atoms with E-state index in [0.717, 1.165) is 50.2 Å². The molecular weight excluding hydrogens is 314 g/mol. The van der Waals surface area contributed by atoms with Crippen LogP contribution in [0.1, 0.15) is 11.4 Å². The zero-order valence-electron chi connectivity index (χ0n) is 14.3. The molecule has 3 aromatic heterocycles. The summed E-state index contributed by atoms with van der Waals surface area (Å²) < 4.78 is 1.78. The first kappa shape index (κ1) is 15.7. The van der Waals surface area contributed by atoms with E-state index >= 15 is 0 Å². The molecule has 0 N–H and O–H groups in total. The smallest absolute Gasteiger partial charge is 0.159 e. The van der Waals surface area contributed by atoms with E-state index in [1.165, 1.54) is 5.56 Å². The topological polar surface area (TPSA) is 63.0 Å². The molecular formula is C18H21N7. The number of aryl methyl sites for hydroxylation is 1. The lowest BCUT2D eigenvalue weighted by atomic mass is 10.2. The van der Waals surface area contributed by atoms with Gasteiger partial charge in [-0.3, -0.25) is 9.88 Å². The highest BCUT2D eigenvalue weighted by molar-refractivity contribution is 5.44. The lowest BCUT2D eigenvalue weighted by Crippen LogP contribution is -2.46. The van der Waals surface area contributed by atoms with E-state index in [9.17, 15) is 0 Å². The summed E-state index contributed by atoms with van der Waals surface area (Å²) in [5, 5.41) is 4.27. The molecule has 3 aromatic rings. The van der Waals surface area contributed by atoms with Gasteiger partial charge in [0.05, 0.1) is 0 Å². The van der Waals surface area contributed by atoms with Crippen LogP contribution in [0, 0.1) is 6.92 Å². The van der Waals surface area contributed by atoms with Gasteiger partial charge in [-0.2, -0.15) is 5.10 Å². The second-order valence-corrected chi connectivity index (χ2v) is 6.20. The van der Waals surface area contributed by atoms with Gasteiger partial charge in [-0.25, -0.2) is 14.6 Å². The maximum Gasteiger partial charge on any atom is 0.159 e. The van der Waals surface area contributed by atoms with Gasteiger partial charge in [0.15, 0.2) is 5.82 Å². The highest BCUT2D eigenvalue weighted by atomic mass is 15.3. The quantitative estimate of drug-likeness (QED) is 0.723. The average molecular weight is 335 g/mol. The Morgan fingerprint density at radius 3 is 2.44 bits per heavy atom. The third-order valence-electron chi connectivity index (χ3n) is 4.40. The monoisotopic (exact) mass is 335 g/mol. The average Bonchev–Trinajstić information content (AvgIpc) is 3.17. The lowest BCUT2D eigenvalue weighted by molar-refractivity contribution is 0.249. The lowest BCUT2D eigenvalue weighted by Gasteiger charge is -2.35. The van der Waals surface area contributed by atoms with Gasteiger partial charge in [0.25, 0.3) is 0 Å². The third kappa shape index (κ3) is 3.66. The highest BCUT2D eigenvalue weighted by Gasteiger charge is 2.19.